The SMILES string of the molecule is CC1CC(N)CN(CC2Cc3ccccc3O2)C1. The van der Waals surface area contributed by atoms with Gasteiger partial charge in [0.15, 0.2) is 0 Å². The van der Waals surface area contributed by atoms with Crippen LogP contribution in [0.25, 0.3) is 0 Å². The van der Waals surface area contributed by atoms with Crippen LogP contribution in [0, 0.1) is 5.92 Å². The fraction of sp³-hybridized carbons (Fsp3) is 0.600. The van der Waals surface area contributed by atoms with Crippen molar-refractivity contribution in [2.24, 2.45) is 11.7 Å². The molecule has 2 heterocycles. The highest BCUT2D eigenvalue weighted by Crippen LogP contribution is 2.29. The molecular formula is C15H22N2O. The van der Waals surface area contributed by atoms with E-state index in [0.29, 0.717) is 18.1 Å². The van der Waals surface area contributed by atoms with Gasteiger partial charge >= 0.3 is 0 Å². The fourth-order valence-corrected chi connectivity index (χ4v) is 3.31. The first kappa shape index (κ1) is 12.0. The molecule has 0 bridgehead atoms. The first-order valence-corrected chi connectivity index (χ1v) is 6.93. The smallest absolute Gasteiger partial charge is 0.123 e. The van der Waals surface area contributed by atoms with Crippen molar-refractivity contribution in [2.75, 3.05) is 19.6 Å². The summed E-state index contributed by atoms with van der Waals surface area (Å²) in [6.45, 7) is 5.47. The summed E-state index contributed by atoms with van der Waals surface area (Å²) in [5.74, 6) is 1.77. The van der Waals surface area contributed by atoms with Crippen LogP contribution >= 0.6 is 0 Å². The molecule has 3 nitrogen and oxygen atoms in total. The molecule has 0 amide bonds. The average Bonchev–Trinajstić information content (AvgIpc) is 2.69. The van der Waals surface area contributed by atoms with E-state index < -0.39 is 0 Å². The lowest BCUT2D eigenvalue weighted by atomic mass is 9.96. The summed E-state index contributed by atoms with van der Waals surface area (Å²) in [4.78, 5) is 2.47. The van der Waals surface area contributed by atoms with E-state index in [1.54, 1.807) is 0 Å². The lowest BCUT2D eigenvalue weighted by Gasteiger charge is -2.35. The van der Waals surface area contributed by atoms with Gasteiger partial charge in [-0.25, -0.2) is 0 Å². The highest BCUT2D eigenvalue weighted by molar-refractivity contribution is 5.37. The normalized spacial score (nSPS) is 32.0. The number of hydrogen-bond acceptors (Lipinski definition) is 3. The maximum absolute atomic E-state index is 6.09. The highest BCUT2D eigenvalue weighted by atomic mass is 16.5. The Morgan fingerprint density at radius 3 is 2.94 bits per heavy atom. The Morgan fingerprint density at radius 1 is 1.33 bits per heavy atom. The third kappa shape index (κ3) is 2.52. The van der Waals surface area contributed by atoms with Crippen molar-refractivity contribution in [1.29, 1.82) is 0 Å². The van der Waals surface area contributed by atoms with Crippen LogP contribution in [0.5, 0.6) is 5.75 Å². The molecule has 2 N–H and O–H groups in total. The minimum Gasteiger partial charge on any atom is -0.488 e. The van der Waals surface area contributed by atoms with Crippen molar-refractivity contribution in [3.05, 3.63) is 29.8 Å². The number of piperidine rings is 1. The summed E-state index contributed by atoms with van der Waals surface area (Å²) in [7, 11) is 0. The van der Waals surface area contributed by atoms with Gasteiger partial charge in [-0.1, -0.05) is 25.1 Å². The van der Waals surface area contributed by atoms with Gasteiger partial charge in [-0.05, 0) is 24.0 Å². The molecule has 3 rings (SSSR count). The van der Waals surface area contributed by atoms with E-state index >= 15 is 0 Å². The van der Waals surface area contributed by atoms with Crippen molar-refractivity contribution < 1.29 is 4.74 Å². The lowest BCUT2D eigenvalue weighted by molar-refractivity contribution is 0.106. The molecule has 0 spiro atoms. The summed E-state index contributed by atoms with van der Waals surface area (Å²) in [6, 6.07) is 8.70. The quantitative estimate of drug-likeness (QED) is 0.862. The molecule has 3 atom stereocenters. The number of para-hydroxylation sites is 1. The Morgan fingerprint density at radius 2 is 2.17 bits per heavy atom. The number of fused-ring (bicyclic) bond motifs is 1. The molecule has 0 aromatic heterocycles. The van der Waals surface area contributed by atoms with E-state index in [1.807, 2.05) is 6.07 Å². The Hall–Kier alpha value is -1.06. The van der Waals surface area contributed by atoms with Crippen molar-refractivity contribution in [3.8, 4) is 5.75 Å². The summed E-state index contributed by atoms with van der Waals surface area (Å²) < 4.78 is 6.00. The summed E-state index contributed by atoms with van der Waals surface area (Å²) in [6.07, 6.45) is 2.50. The second kappa shape index (κ2) is 4.90. The zero-order valence-corrected chi connectivity index (χ0v) is 11.0. The second-order valence-corrected chi connectivity index (χ2v) is 5.87. The third-order valence-electron chi connectivity index (χ3n) is 3.94. The minimum atomic E-state index is 0.305. The molecule has 3 unspecified atom stereocenters. The number of ether oxygens (including phenoxy) is 1. The monoisotopic (exact) mass is 246 g/mol. The van der Waals surface area contributed by atoms with Crippen LogP contribution in [0.1, 0.15) is 18.9 Å². The molecule has 98 valence electrons. The fourth-order valence-electron chi connectivity index (χ4n) is 3.31. The molecule has 1 aromatic rings. The summed E-state index contributed by atoms with van der Waals surface area (Å²) in [5.41, 5.74) is 7.44. The van der Waals surface area contributed by atoms with Crippen LogP contribution in [0.15, 0.2) is 24.3 Å². The topological polar surface area (TPSA) is 38.5 Å². The van der Waals surface area contributed by atoms with Gasteiger partial charge in [0.25, 0.3) is 0 Å². The minimum absolute atomic E-state index is 0.305. The summed E-state index contributed by atoms with van der Waals surface area (Å²) >= 11 is 0. The highest BCUT2D eigenvalue weighted by Gasteiger charge is 2.28. The van der Waals surface area contributed by atoms with Gasteiger partial charge in [0.05, 0.1) is 0 Å². The number of nitrogens with zero attached hydrogens (tertiary/aromatic N) is 1. The van der Waals surface area contributed by atoms with Crippen LogP contribution in [0.3, 0.4) is 0 Å². The maximum Gasteiger partial charge on any atom is 0.123 e. The van der Waals surface area contributed by atoms with Crippen LogP contribution in [0.4, 0.5) is 0 Å². The first-order valence-electron chi connectivity index (χ1n) is 6.93. The Kier molecular flexibility index (Phi) is 3.27. The largest absolute Gasteiger partial charge is 0.488 e. The average molecular weight is 246 g/mol. The van der Waals surface area contributed by atoms with E-state index in [2.05, 4.69) is 30.0 Å². The zero-order chi connectivity index (χ0) is 12.5. The van der Waals surface area contributed by atoms with Crippen molar-refractivity contribution >= 4 is 0 Å². The van der Waals surface area contributed by atoms with Gasteiger partial charge in [-0.3, -0.25) is 4.90 Å². The predicted molar refractivity (Wildman–Crippen MR) is 72.8 cm³/mol. The molecule has 3 heteroatoms. The van der Waals surface area contributed by atoms with Gasteiger partial charge in [0, 0.05) is 32.1 Å². The van der Waals surface area contributed by atoms with E-state index in [1.165, 1.54) is 5.56 Å². The molecule has 0 aliphatic carbocycles. The van der Waals surface area contributed by atoms with Crippen molar-refractivity contribution in [2.45, 2.75) is 31.9 Å². The molecule has 1 saturated heterocycles. The van der Waals surface area contributed by atoms with Crippen LogP contribution in [-0.2, 0) is 6.42 Å². The molecule has 2 aliphatic heterocycles. The number of benzene rings is 1. The number of nitrogens with two attached hydrogens (primary N) is 1. The number of rotatable bonds is 2. The molecule has 1 aromatic carbocycles. The maximum atomic E-state index is 6.09. The molecule has 0 radical (unpaired) electrons. The van der Waals surface area contributed by atoms with Gasteiger partial charge < -0.3 is 10.5 Å². The van der Waals surface area contributed by atoms with Gasteiger partial charge in [-0.15, -0.1) is 0 Å². The second-order valence-electron chi connectivity index (χ2n) is 5.87. The summed E-state index contributed by atoms with van der Waals surface area (Å²) in [5, 5.41) is 0. The molecule has 2 aliphatic rings. The van der Waals surface area contributed by atoms with Crippen LogP contribution in [-0.4, -0.2) is 36.7 Å². The van der Waals surface area contributed by atoms with E-state index in [4.69, 9.17) is 10.5 Å². The van der Waals surface area contributed by atoms with Crippen molar-refractivity contribution in [1.82, 2.24) is 4.90 Å². The van der Waals surface area contributed by atoms with E-state index in [9.17, 15) is 0 Å². The molecule has 1 fully saturated rings. The third-order valence-corrected chi connectivity index (χ3v) is 3.94. The van der Waals surface area contributed by atoms with E-state index in [0.717, 1.165) is 38.2 Å². The first-order chi connectivity index (χ1) is 8.70. The van der Waals surface area contributed by atoms with E-state index in [-0.39, 0.29) is 0 Å². The van der Waals surface area contributed by atoms with Crippen LogP contribution in [0.2, 0.25) is 0 Å². The van der Waals surface area contributed by atoms with Crippen LogP contribution < -0.4 is 10.5 Å². The van der Waals surface area contributed by atoms with Gasteiger partial charge in [0.2, 0.25) is 0 Å². The van der Waals surface area contributed by atoms with Gasteiger partial charge in [0.1, 0.15) is 11.9 Å². The molecule has 0 saturated carbocycles. The Labute approximate surface area is 109 Å². The standard InChI is InChI=1S/C15H22N2O/c1-11-6-13(16)9-17(8-11)10-14-7-12-4-2-3-5-15(12)18-14/h2-5,11,13-14H,6-10,16H2,1H3. The number of likely N-dealkylation sites (tertiary alicyclic amines) is 1. The van der Waals surface area contributed by atoms with Gasteiger partial charge in [-0.2, -0.15) is 0 Å². The number of hydrogen-bond donors (Lipinski definition) is 1. The van der Waals surface area contributed by atoms with Crippen molar-refractivity contribution in [3.63, 3.8) is 0 Å². The Balaban J connectivity index is 1.59. The molecule has 18 heavy (non-hydrogen) atoms. The zero-order valence-electron chi connectivity index (χ0n) is 11.0. The molecular weight excluding hydrogens is 224 g/mol. The predicted octanol–water partition coefficient (Wildman–Crippen LogP) is 1.66. The Bertz CT molecular complexity index is 386. The lowest BCUT2D eigenvalue weighted by Crippen LogP contribution is -2.49.